The smallest absolute Gasteiger partial charge is 0.309 e. The molecule has 3 aromatic heterocycles. The lowest BCUT2D eigenvalue weighted by Gasteiger charge is -2.31. The highest BCUT2D eigenvalue weighted by Crippen LogP contribution is 2.38. The number of carbonyl (C=O) groups is 1. The molecule has 1 aliphatic carbocycles. The van der Waals surface area contributed by atoms with Crippen molar-refractivity contribution >= 4 is 33.6 Å². The van der Waals surface area contributed by atoms with Gasteiger partial charge in [0.25, 0.3) is 0 Å². The highest BCUT2D eigenvalue weighted by molar-refractivity contribution is 6.76. The first-order chi connectivity index (χ1) is 23.6. The zero-order valence-electron chi connectivity index (χ0n) is 31.7. The number of para-hydroxylation sites is 1. The number of anilines is 1. The number of benzene rings is 1. The molecule has 0 amide bonds. The molecule has 0 atom stereocenters. The molecule has 1 fully saturated rings. The number of carbonyl (C=O) groups excluding carboxylic acids is 1. The maximum atomic E-state index is 12.9. The predicted molar refractivity (Wildman–Crippen MR) is 207 cm³/mol. The summed E-state index contributed by atoms with van der Waals surface area (Å²) in [6.45, 7) is 22.2. The van der Waals surface area contributed by atoms with Gasteiger partial charge in [-0.3, -0.25) is 4.79 Å². The first-order valence-electron chi connectivity index (χ1n) is 18.2. The van der Waals surface area contributed by atoms with Crippen LogP contribution < -0.4 is 4.90 Å². The predicted octanol–water partition coefficient (Wildman–Crippen LogP) is 8.63. The van der Waals surface area contributed by atoms with Gasteiger partial charge in [-0.1, -0.05) is 57.5 Å². The summed E-state index contributed by atoms with van der Waals surface area (Å²) < 4.78 is 22.2. The lowest BCUT2D eigenvalue weighted by Crippen LogP contribution is -2.33. The summed E-state index contributed by atoms with van der Waals surface area (Å²) in [6.07, 6.45) is 9.08. The molecule has 50 heavy (non-hydrogen) atoms. The second kappa shape index (κ2) is 15.9. The number of ether oxygens (including phenoxy) is 3. The van der Waals surface area contributed by atoms with Crippen LogP contribution in [0.2, 0.25) is 51.4 Å². The molecule has 0 aliphatic heterocycles. The molecule has 0 radical (unpaired) electrons. The topological polar surface area (TPSA) is 96.0 Å². The number of nitrogens with zero attached hydrogens (tertiary/aromatic N) is 6. The van der Waals surface area contributed by atoms with E-state index in [1.165, 1.54) is 0 Å². The number of esters is 1. The maximum absolute atomic E-state index is 12.9. The van der Waals surface area contributed by atoms with Gasteiger partial charge in [-0.05, 0) is 70.7 Å². The van der Waals surface area contributed by atoms with Crippen molar-refractivity contribution in [2.75, 3.05) is 31.6 Å². The first-order valence-corrected chi connectivity index (χ1v) is 25.6. The average Bonchev–Trinajstić information content (AvgIpc) is 3.70. The van der Waals surface area contributed by atoms with E-state index in [4.69, 9.17) is 24.3 Å². The van der Waals surface area contributed by atoms with Crippen LogP contribution in [0.3, 0.4) is 0 Å². The first kappa shape index (κ1) is 37.9. The highest BCUT2D eigenvalue weighted by atomic mass is 28.3. The number of fused-ring (bicyclic) bond motifs is 1. The van der Waals surface area contributed by atoms with Crippen molar-refractivity contribution in [1.29, 1.82) is 0 Å². The Balaban J connectivity index is 1.49. The molecule has 0 unspecified atom stereocenters. The maximum Gasteiger partial charge on any atom is 0.309 e. The molecule has 4 aromatic rings. The van der Waals surface area contributed by atoms with Crippen molar-refractivity contribution in [2.45, 2.75) is 109 Å². The normalized spacial score (nSPS) is 17.3. The molecule has 0 bridgehead atoms. The van der Waals surface area contributed by atoms with E-state index in [1.807, 2.05) is 78.9 Å². The van der Waals surface area contributed by atoms with E-state index in [0.29, 0.717) is 26.7 Å². The third-order valence-corrected chi connectivity index (χ3v) is 12.5. The number of hydrogen-bond donors (Lipinski definition) is 0. The third kappa shape index (κ3) is 10.6. The van der Waals surface area contributed by atoms with E-state index in [-0.39, 0.29) is 17.8 Å². The fraction of sp³-hybridized carbons (Fsp3) is 0.579. The number of rotatable bonds is 15. The van der Waals surface area contributed by atoms with Gasteiger partial charge in [0, 0.05) is 64.4 Å². The van der Waals surface area contributed by atoms with Gasteiger partial charge in [-0.15, -0.1) is 0 Å². The van der Waals surface area contributed by atoms with Gasteiger partial charge in [0.1, 0.15) is 24.9 Å². The molecule has 5 rings (SSSR count). The Hall–Kier alpha value is -3.33. The van der Waals surface area contributed by atoms with Crippen molar-refractivity contribution in [3.05, 3.63) is 60.7 Å². The van der Waals surface area contributed by atoms with Crippen molar-refractivity contribution in [3.8, 4) is 16.8 Å². The van der Waals surface area contributed by atoms with Crippen LogP contribution >= 0.6 is 0 Å². The lowest BCUT2D eigenvalue weighted by atomic mass is 9.80. The average molecular weight is 719 g/mol. The Bertz CT molecular complexity index is 1670. The third-order valence-electron chi connectivity index (χ3n) is 9.08. The van der Waals surface area contributed by atoms with Crippen molar-refractivity contribution < 1.29 is 19.0 Å². The fourth-order valence-electron chi connectivity index (χ4n) is 6.07. The van der Waals surface area contributed by atoms with E-state index in [0.717, 1.165) is 71.7 Å². The zero-order valence-corrected chi connectivity index (χ0v) is 33.7. The molecule has 1 aliphatic rings. The molecule has 12 heteroatoms. The Morgan fingerprint density at radius 2 is 1.50 bits per heavy atom. The number of hydrogen-bond acceptors (Lipinski definition) is 8. The molecular weight excluding hydrogens is 661 g/mol. The molecule has 0 N–H and O–H groups in total. The minimum Gasteiger partial charge on any atom is -0.460 e. The Kier molecular flexibility index (Phi) is 12.1. The minimum absolute atomic E-state index is 0.0842. The van der Waals surface area contributed by atoms with Crippen LogP contribution in [0.4, 0.5) is 5.82 Å². The van der Waals surface area contributed by atoms with Gasteiger partial charge in [0.15, 0.2) is 5.65 Å². The SMILES string of the molecule is CC(C)(C)OC(=O)[C@H]1CC[C@H](c2cc(N(COCC[Si](C)(C)C)COCC[Si](C)(C)C)n3ncc(-c4cnn(-c5ccccc5)c4)c3n2)CC1. The van der Waals surface area contributed by atoms with Gasteiger partial charge >= 0.3 is 5.97 Å². The lowest BCUT2D eigenvalue weighted by molar-refractivity contribution is -0.161. The van der Waals surface area contributed by atoms with Crippen molar-refractivity contribution in [1.82, 2.24) is 24.4 Å². The molecule has 1 saturated carbocycles. The largest absolute Gasteiger partial charge is 0.460 e. The van der Waals surface area contributed by atoms with Gasteiger partial charge < -0.3 is 19.1 Å². The van der Waals surface area contributed by atoms with Gasteiger partial charge in [-0.2, -0.15) is 14.7 Å². The molecule has 0 saturated heterocycles. The van der Waals surface area contributed by atoms with E-state index >= 15 is 0 Å². The van der Waals surface area contributed by atoms with Gasteiger partial charge in [0.2, 0.25) is 0 Å². The van der Waals surface area contributed by atoms with Crippen LogP contribution in [-0.4, -0.2) is 78.8 Å². The minimum atomic E-state index is -1.26. The summed E-state index contributed by atoms with van der Waals surface area (Å²) in [5.41, 5.74) is 4.13. The second-order valence-electron chi connectivity index (χ2n) is 17.2. The Morgan fingerprint density at radius 3 is 2.08 bits per heavy atom. The Morgan fingerprint density at radius 1 is 0.880 bits per heavy atom. The van der Waals surface area contributed by atoms with E-state index < -0.39 is 21.7 Å². The van der Waals surface area contributed by atoms with Crippen LogP contribution in [0.15, 0.2) is 55.0 Å². The van der Waals surface area contributed by atoms with Gasteiger partial charge in [0.05, 0.1) is 24.0 Å². The summed E-state index contributed by atoms with van der Waals surface area (Å²) in [5, 5.41) is 9.58. The fourth-order valence-corrected chi connectivity index (χ4v) is 7.59. The highest BCUT2D eigenvalue weighted by Gasteiger charge is 2.32. The Labute approximate surface area is 300 Å². The molecule has 10 nitrogen and oxygen atoms in total. The standard InChI is InChI=1S/C38H58N6O4Si2/c1-38(2,3)48-37(45)30-17-15-29(16-18-30)34-23-35(42(27-46-19-21-49(4,5)6)28-47-20-22-50(7,8)9)44-36(41-34)33(25-40-44)31-24-39-43(26-31)32-13-11-10-12-14-32/h10-14,23-26,29-30H,15-22,27-28H2,1-9H3/t29-,30-. The second-order valence-corrected chi connectivity index (χ2v) is 28.4. The molecule has 272 valence electrons. The number of aromatic nitrogens is 5. The van der Waals surface area contributed by atoms with Crippen LogP contribution in [0.1, 0.15) is 58.1 Å². The summed E-state index contributed by atoms with van der Waals surface area (Å²) in [7, 11) is -2.52. The molecule has 1 aromatic carbocycles. The van der Waals surface area contributed by atoms with Crippen LogP contribution in [0.25, 0.3) is 22.5 Å². The summed E-state index contributed by atoms with van der Waals surface area (Å²) in [5.74, 6) is 0.918. The quantitative estimate of drug-likeness (QED) is 0.0522. The van der Waals surface area contributed by atoms with Crippen molar-refractivity contribution in [3.63, 3.8) is 0 Å². The van der Waals surface area contributed by atoms with E-state index in [9.17, 15) is 4.79 Å². The monoisotopic (exact) mass is 718 g/mol. The summed E-state index contributed by atoms with van der Waals surface area (Å²) in [4.78, 5) is 20.4. The molecule has 0 spiro atoms. The summed E-state index contributed by atoms with van der Waals surface area (Å²) in [6, 6.07) is 14.4. The molecular formula is C38H58N6O4Si2. The zero-order chi connectivity index (χ0) is 36.1. The molecule has 3 heterocycles. The summed E-state index contributed by atoms with van der Waals surface area (Å²) >= 11 is 0. The van der Waals surface area contributed by atoms with E-state index in [2.05, 4.69) is 55.3 Å². The van der Waals surface area contributed by atoms with Crippen LogP contribution in [0, 0.1) is 5.92 Å². The van der Waals surface area contributed by atoms with Crippen LogP contribution in [0.5, 0.6) is 0 Å². The van der Waals surface area contributed by atoms with Crippen LogP contribution in [-0.2, 0) is 19.0 Å². The van der Waals surface area contributed by atoms with Crippen molar-refractivity contribution in [2.24, 2.45) is 5.92 Å². The van der Waals surface area contributed by atoms with E-state index in [1.54, 1.807) is 0 Å². The van der Waals surface area contributed by atoms with Gasteiger partial charge in [-0.25, -0.2) is 9.67 Å².